The van der Waals surface area contributed by atoms with Gasteiger partial charge in [0.25, 0.3) is 0 Å². The number of hydrogen-bond acceptors (Lipinski definition) is 2. The van der Waals surface area contributed by atoms with E-state index in [2.05, 4.69) is 15.9 Å². The zero-order chi connectivity index (χ0) is 7.98. The molecule has 0 aliphatic heterocycles. The Morgan fingerprint density at radius 2 is 2.20 bits per heavy atom. The first-order chi connectivity index (χ1) is 4.70. The summed E-state index contributed by atoms with van der Waals surface area (Å²) in [5, 5.41) is 15.1. The fourth-order valence-electron chi connectivity index (χ4n) is 0.290. The Balaban J connectivity index is 4.21. The van der Waals surface area contributed by atoms with Gasteiger partial charge in [0, 0.05) is 16.3 Å². The van der Waals surface area contributed by atoms with Crippen molar-refractivity contribution in [1.82, 2.24) is 0 Å². The first-order valence-corrected chi connectivity index (χ1v) is 3.44. The van der Waals surface area contributed by atoms with Crippen LogP contribution in [-0.2, 0) is 0 Å². The van der Waals surface area contributed by atoms with Gasteiger partial charge in [0.15, 0.2) is 0 Å². The zero-order valence-electron chi connectivity index (χ0n) is 5.56. The van der Waals surface area contributed by atoms with Gasteiger partial charge in [-0.25, -0.2) is 0 Å². The van der Waals surface area contributed by atoms with E-state index in [9.17, 15) is 0 Å². The van der Waals surface area contributed by atoms with Gasteiger partial charge >= 0.3 is 0 Å². The molecule has 2 nitrogen and oxygen atoms in total. The molecule has 0 saturated carbocycles. The van der Waals surface area contributed by atoms with E-state index in [4.69, 9.17) is 10.7 Å². The summed E-state index contributed by atoms with van der Waals surface area (Å²) in [5.41, 5.74) is 0.624. The normalized spacial score (nSPS) is 12.5. The fraction of sp³-hybridized carbons (Fsp3) is 0.143. The van der Waals surface area contributed by atoms with E-state index < -0.39 is 0 Å². The van der Waals surface area contributed by atoms with E-state index in [1.54, 1.807) is 19.1 Å². The first kappa shape index (κ1) is 9.12. The number of nitrogens with one attached hydrogen (secondary N) is 1. The number of nitrogens with zero attached hydrogens (tertiary/aromatic N) is 1. The molecule has 1 N–H and O–H groups in total. The maximum Gasteiger partial charge on any atom is 0.0944 e. The van der Waals surface area contributed by atoms with Crippen molar-refractivity contribution in [3.63, 3.8) is 0 Å². The lowest BCUT2D eigenvalue weighted by Crippen LogP contribution is -1.69. The van der Waals surface area contributed by atoms with Crippen molar-refractivity contribution in [2.24, 2.45) is 0 Å². The van der Waals surface area contributed by atoms with Crippen molar-refractivity contribution in [3.05, 3.63) is 22.2 Å². The van der Waals surface area contributed by atoms with Gasteiger partial charge in [-0.15, -0.1) is 0 Å². The van der Waals surface area contributed by atoms with E-state index >= 15 is 0 Å². The van der Waals surface area contributed by atoms with Gasteiger partial charge in [0.05, 0.1) is 6.07 Å². The molecule has 0 amide bonds. The average molecular weight is 199 g/mol. The smallest absolute Gasteiger partial charge is 0.0944 e. The minimum Gasteiger partial charge on any atom is -0.308 e. The van der Waals surface area contributed by atoms with Crippen molar-refractivity contribution < 1.29 is 0 Å². The monoisotopic (exact) mass is 198 g/mol. The van der Waals surface area contributed by atoms with Crippen LogP contribution in [0.1, 0.15) is 6.92 Å². The quantitative estimate of drug-likeness (QED) is 0.414. The fourth-order valence-corrected chi connectivity index (χ4v) is 0.422. The molecule has 10 heavy (non-hydrogen) atoms. The molecule has 52 valence electrons. The summed E-state index contributed by atoms with van der Waals surface area (Å²) in [6.45, 7) is 1.71. The van der Waals surface area contributed by atoms with Gasteiger partial charge in [-0.2, -0.15) is 5.26 Å². The topological polar surface area (TPSA) is 47.6 Å². The van der Waals surface area contributed by atoms with Crippen LogP contribution in [0.4, 0.5) is 0 Å². The number of halogens is 1. The number of allylic oxidation sites excluding steroid dienone is 4. The molecule has 0 radical (unpaired) electrons. The lowest BCUT2D eigenvalue weighted by Gasteiger charge is -1.81. The SMILES string of the molecule is C/C(C#N)=C\C=C(\Br)C=N. The molecule has 0 aromatic heterocycles. The van der Waals surface area contributed by atoms with Crippen molar-refractivity contribution >= 4 is 22.1 Å². The summed E-state index contributed by atoms with van der Waals surface area (Å²) in [6.07, 6.45) is 4.47. The van der Waals surface area contributed by atoms with Crippen LogP contribution in [0.2, 0.25) is 0 Å². The predicted octanol–water partition coefficient (Wildman–Crippen LogP) is 2.38. The van der Waals surface area contributed by atoms with Crippen LogP contribution in [0, 0.1) is 16.7 Å². The Morgan fingerprint density at radius 1 is 1.60 bits per heavy atom. The number of nitriles is 1. The van der Waals surface area contributed by atoms with Crippen LogP contribution in [-0.4, -0.2) is 6.21 Å². The average Bonchev–Trinajstić information content (AvgIpc) is 1.99. The maximum atomic E-state index is 8.30. The molecule has 3 heteroatoms. The van der Waals surface area contributed by atoms with Gasteiger partial charge in [-0.3, -0.25) is 0 Å². The molecule has 0 fully saturated rings. The first-order valence-electron chi connectivity index (χ1n) is 2.65. The summed E-state index contributed by atoms with van der Waals surface area (Å²) in [6, 6.07) is 1.96. The lowest BCUT2D eigenvalue weighted by molar-refractivity contribution is 1.44. The second-order valence-corrected chi connectivity index (χ2v) is 2.57. The van der Waals surface area contributed by atoms with Gasteiger partial charge in [0.1, 0.15) is 0 Å². The Hall–Kier alpha value is -0.880. The van der Waals surface area contributed by atoms with Crippen LogP contribution in [0.5, 0.6) is 0 Å². The molecule has 0 aromatic carbocycles. The van der Waals surface area contributed by atoms with Crippen LogP contribution in [0.3, 0.4) is 0 Å². The van der Waals surface area contributed by atoms with Gasteiger partial charge in [-0.05, 0) is 35.0 Å². The Labute approximate surface area is 68.5 Å². The highest BCUT2D eigenvalue weighted by Crippen LogP contribution is 2.01. The van der Waals surface area contributed by atoms with E-state index in [-0.39, 0.29) is 0 Å². The third-order valence-electron chi connectivity index (χ3n) is 0.807. The third-order valence-corrected chi connectivity index (χ3v) is 1.30. The Kier molecular flexibility index (Phi) is 4.51. The second kappa shape index (κ2) is 4.95. The molecule has 0 heterocycles. The zero-order valence-corrected chi connectivity index (χ0v) is 7.14. The van der Waals surface area contributed by atoms with E-state index in [0.717, 1.165) is 0 Å². The van der Waals surface area contributed by atoms with Gasteiger partial charge in [-0.1, -0.05) is 0 Å². The standard InChI is InChI=1S/C7H7BrN2/c1-6(4-9)2-3-7(8)5-10/h2-3,5,10H,1H3/b6-2+,7-3+,10-5?. The summed E-state index contributed by atoms with van der Waals surface area (Å²) in [5.74, 6) is 0. The van der Waals surface area contributed by atoms with Crippen LogP contribution >= 0.6 is 15.9 Å². The molecular formula is C7H7BrN2. The van der Waals surface area contributed by atoms with E-state index in [1.165, 1.54) is 6.21 Å². The minimum atomic E-state index is 0.624. The van der Waals surface area contributed by atoms with Gasteiger partial charge < -0.3 is 5.41 Å². The molecule has 0 saturated heterocycles. The number of hydrogen-bond donors (Lipinski definition) is 1. The molecule has 0 rings (SSSR count). The summed E-state index contributed by atoms with van der Waals surface area (Å²) in [7, 11) is 0. The van der Waals surface area contributed by atoms with Crippen LogP contribution in [0.25, 0.3) is 0 Å². The molecule has 0 atom stereocenters. The minimum absolute atomic E-state index is 0.624. The number of rotatable bonds is 2. The van der Waals surface area contributed by atoms with Crippen molar-refractivity contribution in [3.8, 4) is 6.07 Å². The molecule has 0 unspecified atom stereocenters. The molecule has 0 spiro atoms. The molecule has 0 bridgehead atoms. The van der Waals surface area contributed by atoms with Crippen molar-refractivity contribution in [2.45, 2.75) is 6.92 Å². The highest BCUT2D eigenvalue weighted by molar-refractivity contribution is 9.12. The van der Waals surface area contributed by atoms with Crippen molar-refractivity contribution in [2.75, 3.05) is 0 Å². The Bertz CT molecular complexity index is 220. The molecule has 0 aliphatic rings. The molecule has 0 aliphatic carbocycles. The van der Waals surface area contributed by atoms with Gasteiger partial charge in [0.2, 0.25) is 0 Å². The lowest BCUT2D eigenvalue weighted by atomic mass is 10.3. The highest BCUT2D eigenvalue weighted by atomic mass is 79.9. The summed E-state index contributed by atoms with van der Waals surface area (Å²) < 4.78 is 0.655. The second-order valence-electron chi connectivity index (χ2n) is 1.66. The van der Waals surface area contributed by atoms with Crippen molar-refractivity contribution in [1.29, 1.82) is 10.7 Å². The summed E-state index contributed by atoms with van der Waals surface area (Å²) in [4.78, 5) is 0. The molecule has 0 aromatic rings. The van der Waals surface area contributed by atoms with E-state index in [1.807, 2.05) is 6.07 Å². The van der Waals surface area contributed by atoms with Crippen LogP contribution in [0.15, 0.2) is 22.2 Å². The summed E-state index contributed by atoms with van der Waals surface area (Å²) >= 11 is 3.10. The Morgan fingerprint density at radius 3 is 2.60 bits per heavy atom. The van der Waals surface area contributed by atoms with E-state index in [0.29, 0.717) is 10.1 Å². The van der Waals surface area contributed by atoms with Crippen LogP contribution < -0.4 is 0 Å². The predicted molar refractivity (Wildman–Crippen MR) is 45.2 cm³/mol. The molecular weight excluding hydrogens is 192 g/mol. The highest BCUT2D eigenvalue weighted by Gasteiger charge is 1.81. The maximum absolute atomic E-state index is 8.30. The largest absolute Gasteiger partial charge is 0.308 e. The third kappa shape index (κ3) is 4.04.